The SMILES string of the molecule is C[C@@](O)(C(=O)Nc1ccc(S(=O)(=O)c2ccc(S(C)(=O)=O)cc2)c(F)c1Cl)C(F)(F)F. The average Bonchev–Trinajstić information content (AvgIpc) is 2.63. The second kappa shape index (κ2) is 8.04. The number of sulfone groups is 2. The maximum Gasteiger partial charge on any atom is 0.426 e. The summed E-state index contributed by atoms with van der Waals surface area (Å²) in [6.07, 6.45) is -4.44. The first-order valence-corrected chi connectivity index (χ1v) is 11.8. The molecule has 7 nitrogen and oxygen atoms in total. The Morgan fingerprint density at radius 3 is 1.94 bits per heavy atom. The van der Waals surface area contributed by atoms with Gasteiger partial charge in [0.05, 0.1) is 15.5 Å². The lowest BCUT2D eigenvalue weighted by Crippen LogP contribution is -2.52. The van der Waals surface area contributed by atoms with Gasteiger partial charge in [0.15, 0.2) is 15.7 Å². The van der Waals surface area contributed by atoms with Crippen LogP contribution in [0.15, 0.2) is 51.1 Å². The molecule has 0 unspecified atom stereocenters. The second-order valence-electron chi connectivity index (χ2n) is 6.51. The highest BCUT2D eigenvalue weighted by molar-refractivity contribution is 7.91. The average molecular weight is 504 g/mol. The summed E-state index contributed by atoms with van der Waals surface area (Å²) in [5.74, 6) is -3.54. The normalized spacial score (nSPS) is 14.7. The Balaban J connectivity index is 2.45. The third-order valence-corrected chi connectivity index (χ3v) is 7.43. The van der Waals surface area contributed by atoms with Crippen molar-refractivity contribution in [2.75, 3.05) is 11.6 Å². The molecule has 14 heteroatoms. The Bertz CT molecular complexity index is 1240. The number of nitrogens with one attached hydrogen (secondary N) is 1. The largest absolute Gasteiger partial charge is 0.426 e. The van der Waals surface area contributed by atoms with Gasteiger partial charge in [0.1, 0.15) is 9.92 Å². The molecule has 0 aromatic heterocycles. The van der Waals surface area contributed by atoms with Crippen molar-refractivity contribution in [3.05, 3.63) is 47.2 Å². The smallest absolute Gasteiger partial charge is 0.373 e. The Morgan fingerprint density at radius 1 is 1.00 bits per heavy atom. The lowest BCUT2D eigenvalue weighted by Gasteiger charge is -2.25. The van der Waals surface area contributed by atoms with E-state index < -0.39 is 63.7 Å². The first kappa shape index (κ1) is 25.0. The molecule has 1 amide bonds. The molecule has 31 heavy (non-hydrogen) atoms. The van der Waals surface area contributed by atoms with Gasteiger partial charge in [0.2, 0.25) is 15.4 Å². The van der Waals surface area contributed by atoms with Crippen molar-refractivity contribution in [3.63, 3.8) is 0 Å². The van der Waals surface area contributed by atoms with Crippen molar-refractivity contribution in [3.8, 4) is 0 Å². The third kappa shape index (κ3) is 4.84. The first-order chi connectivity index (χ1) is 13.9. The van der Waals surface area contributed by atoms with Gasteiger partial charge in [-0.15, -0.1) is 0 Å². The lowest BCUT2D eigenvalue weighted by molar-refractivity contribution is -0.242. The lowest BCUT2D eigenvalue weighted by atomic mass is 10.1. The summed E-state index contributed by atoms with van der Waals surface area (Å²) < 4.78 is 101. The molecule has 2 aromatic carbocycles. The van der Waals surface area contributed by atoms with Gasteiger partial charge in [-0.25, -0.2) is 21.2 Å². The molecule has 0 aliphatic carbocycles. The molecule has 0 aliphatic heterocycles. The zero-order chi connectivity index (χ0) is 24.0. The van der Waals surface area contributed by atoms with Crippen molar-refractivity contribution in [2.24, 2.45) is 0 Å². The molecule has 0 bridgehead atoms. The van der Waals surface area contributed by atoms with E-state index in [1.165, 1.54) is 0 Å². The zero-order valence-corrected chi connectivity index (χ0v) is 18.0. The van der Waals surface area contributed by atoms with Crippen LogP contribution in [-0.2, 0) is 24.5 Å². The summed E-state index contributed by atoms with van der Waals surface area (Å²) in [5.41, 5.74) is -4.53. The van der Waals surface area contributed by atoms with E-state index in [4.69, 9.17) is 11.6 Å². The Hall–Kier alpha value is -2.22. The van der Waals surface area contributed by atoms with Gasteiger partial charge in [-0.3, -0.25) is 4.79 Å². The molecule has 0 fully saturated rings. The molecule has 0 radical (unpaired) electrons. The number of anilines is 1. The van der Waals surface area contributed by atoms with Crippen LogP contribution in [0.2, 0.25) is 5.02 Å². The molecule has 2 aromatic rings. The summed E-state index contributed by atoms with van der Waals surface area (Å²) in [6.45, 7) is 0.172. The van der Waals surface area contributed by atoms with Gasteiger partial charge in [-0.05, 0) is 43.3 Å². The Morgan fingerprint density at radius 2 is 1.48 bits per heavy atom. The van der Waals surface area contributed by atoms with E-state index in [1.54, 1.807) is 5.32 Å². The van der Waals surface area contributed by atoms with Gasteiger partial charge >= 0.3 is 6.18 Å². The van der Waals surface area contributed by atoms with E-state index >= 15 is 0 Å². The molecule has 0 spiro atoms. The van der Waals surface area contributed by atoms with Gasteiger partial charge in [-0.2, -0.15) is 13.2 Å². The van der Waals surface area contributed by atoms with Gasteiger partial charge in [0.25, 0.3) is 5.91 Å². The van der Waals surface area contributed by atoms with Crippen LogP contribution in [0.1, 0.15) is 6.92 Å². The standard InChI is InChI=1S/C17H14ClF4NO6S2/c1-16(25,17(20,21)22)15(24)23-11-7-8-12(14(19)13(11)18)31(28,29)10-5-3-9(4-6-10)30(2,26)27/h3-8,25H,1-2H3,(H,23,24)/t16-/m1/s1. The number of carbonyl (C=O) groups is 1. The molecule has 0 saturated heterocycles. The molecule has 2 N–H and O–H groups in total. The summed E-state index contributed by atoms with van der Waals surface area (Å²) >= 11 is 5.69. The maximum atomic E-state index is 14.6. The van der Waals surface area contributed by atoms with E-state index in [-0.39, 0.29) is 11.8 Å². The molecule has 170 valence electrons. The molecule has 0 aliphatic rings. The van der Waals surface area contributed by atoms with Gasteiger partial charge in [-0.1, -0.05) is 11.6 Å². The van der Waals surface area contributed by atoms with Crippen molar-refractivity contribution in [1.29, 1.82) is 0 Å². The minimum atomic E-state index is -5.34. The van der Waals surface area contributed by atoms with Crippen molar-refractivity contribution in [1.82, 2.24) is 0 Å². The minimum absolute atomic E-state index is 0.172. The number of alkyl halides is 3. The van der Waals surface area contributed by atoms with Crippen LogP contribution in [0, 0.1) is 5.82 Å². The monoisotopic (exact) mass is 503 g/mol. The summed E-state index contributed by atoms with van der Waals surface area (Å²) in [5, 5.41) is 9.92. The van der Waals surface area contributed by atoms with E-state index in [1.807, 2.05) is 0 Å². The zero-order valence-electron chi connectivity index (χ0n) is 15.7. The number of halogens is 5. The van der Waals surface area contributed by atoms with Crippen molar-refractivity contribution in [2.45, 2.75) is 33.4 Å². The predicted molar refractivity (Wildman–Crippen MR) is 102 cm³/mol. The maximum absolute atomic E-state index is 14.6. The Labute approximate surface area is 179 Å². The van der Waals surface area contributed by atoms with Crippen molar-refractivity contribution >= 4 is 42.9 Å². The fraction of sp³-hybridized carbons (Fsp3) is 0.235. The van der Waals surface area contributed by atoms with Gasteiger partial charge < -0.3 is 10.4 Å². The number of carbonyl (C=O) groups excluding carboxylic acids is 1. The minimum Gasteiger partial charge on any atom is -0.373 e. The molecular weight excluding hydrogens is 490 g/mol. The van der Waals surface area contributed by atoms with Crippen LogP contribution in [0.3, 0.4) is 0 Å². The highest BCUT2D eigenvalue weighted by Gasteiger charge is 2.55. The highest BCUT2D eigenvalue weighted by atomic mass is 35.5. The molecule has 1 atom stereocenters. The molecule has 0 heterocycles. The summed E-state index contributed by atoms with van der Waals surface area (Å²) in [4.78, 5) is 10.1. The van der Waals surface area contributed by atoms with Crippen LogP contribution in [0.4, 0.5) is 23.2 Å². The second-order valence-corrected chi connectivity index (χ2v) is 10.8. The summed E-state index contributed by atoms with van der Waals surface area (Å²) in [7, 11) is -8.16. The van der Waals surface area contributed by atoms with Crippen LogP contribution >= 0.6 is 11.6 Å². The molecule has 2 rings (SSSR count). The molecule has 0 saturated carbocycles. The highest BCUT2D eigenvalue weighted by Crippen LogP contribution is 2.35. The molecular formula is C17H14ClF4NO6S2. The van der Waals surface area contributed by atoms with Crippen LogP contribution in [-0.4, -0.2) is 45.9 Å². The van der Waals surface area contributed by atoms with Crippen LogP contribution in [0.25, 0.3) is 0 Å². The number of benzene rings is 2. The summed E-state index contributed by atoms with van der Waals surface area (Å²) in [6, 6.07) is 5.24. The number of rotatable bonds is 5. The third-order valence-electron chi connectivity index (χ3n) is 4.14. The van der Waals surface area contributed by atoms with E-state index in [0.717, 1.165) is 36.6 Å². The first-order valence-electron chi connectivity index (χ1n) is 8.04. The van der Waals surface area contributed by atoms with E-state index in [0.29, 0.717) is 6.07 Å². The van der Waals surface area contributed by atoms with Gasteiger partial charge in [0, 0.05) is 6.26 Å². The number of hydrogen-bond acceptors (Lipinski definition) is 6. The topological polar surface area (TPSA) is 118 Å². The fourth-order valence-electron chi connectivity index (χ4n) is 2.20. The van der Waals surface area contributed by atoms with Crippen LogP contribution < -0.4 is 5.32 Å². The van der Waals surface area contributed by atoms with E-state index in [2.05, 4.69) is 0 Å². The Kier molecular flexibility index (Phi) is 6.50. The van der Waals surface area contributed by atoms with Crippen molar-refractivity contribution < 1.29 is 44.3 Å². The number of hydrogen-bond donors (Lipinski definition) is 2. The fourth-order valence-corrected chi connectivity index (χ4v) is 4.43. The number of amides is 1. The quantitative estimate of drug-likeness (QED) is 0.606. The predicted octanol–water partition coefficient (Wildman–Crippen LogP) is 2.97. The van der Waals surface area contributed by atoms with Crippen LogP contribution in [0.5, 0.6) is 0 Å². The van der Waals surface area contributed by atoms with E-state index in [9.17, 15) is 44.3 Å². The number of aliphatic hydroxyl groups is 1.